The van der Waals surface area contributed by atoms with Crippen LogP contribution in [0.25, 0.3) is 22.3 Å². The number of hydrogen-bond donors (Lipinski definition) is 6. The van der Waals surface area contributed by atoms with Gasteiger partial charge in [0.15, 0.2) is 28.3 Å². The highest BCUT2D eigenvalue weighted by atomic mass is 16.4. The molecule has 6 N–H and O–H groups in total. The molecule has 0 atom stereocenters. The van der Waals surface area contributed by atoms with Gasteiger partial charge in [-0.15, -0.1) is 0 Å². The number of benzene rings is 2. The molecule has 0 saturated carbocycles. The average molecular weight is 374 g/mol. The van der Waals surface area contributed by atoms with Gasteiger partial charge in [-0.1, -0.05) is 0 Å². The van der Waals surface area contributed by atoms with E-state index < -0.39 is 45.5 Å². The summed E-state index contributed by atoms with van der Waals surface area (Å²) in [5.41, 5.74) is -0.738. The fraction of sp³-hybridized carbons (Fsp3) is 0.211. The minimum Gasteiger partial charge on any atom is -0.507 e. The van der Waals surface area contributed by atoms with Gasteiger partial charge in [0, 0.05) is 11.1 Å². The normalized spacial score (nSPS) is 11.3. The first-order valence-corrected chi connectivity index (χ1v) is 7.95. The zero-order valence-corrected chi connectivity index (χ0v) is 15.0. The van der Waals surface area contributed by atoms with Gasteiger partial charge in [-0.2, -0.15) is 0 Å². The molecule has 2 aromatic carbocycles. The highest BCUT2D eigenvalue weighted by Crippen LogP contribution is 2.52. The molecule has 0 aliphatic rings. The summed E-state index contributed by atoms with van der Waals surface area (Å²) in [6.45, 7) is 5.79. The number of rotatable bonds is 1. The molecule has 0 spiro atoms. The Labute approximate surface area is 152 Å². The van der Waals surface area contributed by atoms with E-state index in [1.54, 1.807) is 6.92 Å². The molecule has 27 heavy (non-hydrogen) atoms. The summed E-state index contributed by atoms with van der Waals surface area (Å²) in [6, 6.07) is 0. The third-order valence-corrected chi connectivity index (χ3v) is 4.93. The Morgan fingerprint density at radius 1 is 0.593 bits per heavy atom. The number of phenols is 6. The highest BCUT2D eigenvalue weighted by Gasteiger charge is 2.28. The topological polar surface area (TPSA) is 152 Å². The summed E-state index contributed by atoms with van der Waals surface area (Å²) in [5, 5.41) is 60.5. The number of phenolic OH excluding ortho intramolecular Hbond substituents is 6. The van der Waals surface area contributed by atoms with E-state index >= 15 is 0 Å². The van der Waals surface area contributed by atoms with E-state index in [9.17, 15) is 35.4 Å². The van der Waals surface area contributed by atoms with Crippen LogP contribution in [0.1, 0.15) is 22.3 Å². The van der Waals surface area contributed by atoms with Gasteiger partial charge in [0.2, 0.25) is 11.5 Å². The lowest BCUT2D eigenvalue weighted by atomic mass is 9.97. The molecule has 0 unspecified atom stereocenters. The van der Waals surface area contributed by atoms with Crippen molar-refractivity contribution in [1.82, 2.24) is 0 Å². The molecule has 0 bridgehead atoms. The lowest BCUT2D eigenvalue weighted by Crippen LogP contribution is -2.10. The SMILES string of the molecule is Cc1c(O)c(O)c(O)c(-c2oc3c(O)c(O)c(C)c(C)c3c(=O)c2C)c1O. The number of hydrogen-bond acceptors (Lipinski definition) is 8. The van der Waals surface area contributed by atoms with Gasteiger partial charge in [-0.3, -0.25) is 4.79 Å². The number of aromatic hydroxyl groups is 6. The number of aryl methyl sites for hydroxylation is 1. The molecule has 142 valence electrons. The number of fused-ring (bicyclic) bond motifs is 1. The van der Waals surface area contributed by atoms with E-state index in [4.69, 9.17) is 4.42 Å². The first-order chi connectivity index (χ1) is 12.5. The summed E-state index contributed by atoms with van der Waals surface area (Å²) >= 11 is 0. The Morgan fingerprint density at radius 2 is 1.15 bits per heavy atom. The van der Waals surface area contributed by atoms with E-state index in [2.05, 4.69) is 0 Å². The maximum atomic E-state index is 12.9. The van der Waals surface area contributed by atoms with Crippen LogP contribution in [0.5, 0.6) is 34.5 Å². The minimum absolute atomic E-state index is 0.00909. The summed E-state index contributed by atoms with van der Waals surface area (Å²) < 4.78 is 5.60. The van der Waals surface area contributed by atoms with Crippen LogP contribution in [0.4, 0.5) is 0 Å². The van der Waals surface area contributed by atoms with Crippen LogP contribution in [0.2, 0.25) is 0 Å². The fourth-order valence-electron chi connectivity index (χ4n) is 3.05. The monoisotopic (exact) mass is 374 g/mol. The Morgan fingerprint density at radius 3 is 1.74 bits per heavy atom. The molecule has 0 aliphatic heterocycles. The van der Waals surface area contributed by atoms with Crippen LogP contribution in [0.15, 0.2) is 9.21 Å². The van der Waals surface area contributed by atoms with E-state index in [0.717, 1.165) is 0 Å². The van der Waals surface area contributed by atoms with Gasteiger partial charge in [0.05, 0.1) is 5.39 Å². The predicted molar refractivity (Wildman–Crippen MR) is 96.9 cm³/mol. The fourth-order valence-corrected chi connectivity index (χ4v) is 3.05. The minimum atomic E-state index is -0.895. The van der Waals surface area contributed by atoms with E-state index in [0.29, 0.717) is 11.1 Å². The van der Waals surface area contributed by atoms with Crippen molar-refractivity contribution in [3.63, 3.8) is 0 Å². The molecule has 8 nitrogen and oxygen atoms in total. The van der Waals surface area contributed by atoms with Crippen LogP contribution >= 0.6 is 0 Å². The summed E-state index contributed by atoms with van der Waals surface area (Å²) in [6.07, 6.45) is 0. The van der Waals surface area contributed by atoms with Crippen LogP contribution in [0, 0.1) is 27.7 Å². The van der Waals surface area contributed by atoms with Crippen molar-refractivity contribution in [2.24, 2.45) is 0 Å². The Hall–Kier alpha value is -3.55. The van der Waals surface area contributed by atoms with Crippen molar-refractivity contribution in [3.05, 3.63) is 32.5 Å². The van der Waals surface area contributed by atoms with Gasteiger partial charge in [0.1, 0.15) is 17.1 Å². The van der Waals surface area contributed by atoms with Crippen molar-refractivity contribution >= 4 is 11.0 Å². The third-order valence-electron chi connectivity index (χ3n) is 4.93. The average Bonchev–Trinajstić information content (AvgIpc) is 2.64. The molecule has 0 fully saturated rings. The van der Waals surface area contributed by atoms with Gasteiger partial charge >= 0.3 is 0 Å². The molecule has 0 aliphatic carbocycles. The molecular weight excluding hydrogens is 356 g/mol. The van der Waals surface area contributed by atoms with Gasteiger partial charge in [0.25, 0.3) is 0 Å². The zero-order valence-electron chi connectivity index (χ0n) is 15.0. The van der Waals surface area contributed by atoms with Crippen molar-refractivity contribution in [3.8, 4) is 45.8 Å². The summed E-state index contributed by atoms with van der Waals surface area (Å²) in [7, 11) is 0. The molecule has 0 radical (unpaired) electrons. The molecule has 0 saturated heterocycles. The van der Waals surface area contributed by atoms with Crippen molar-refractivity contribution in [1.29, 1.82) is 0 Å². The second-order valence-corrected chi connectivity index (χ2v) is 6.43. The second-order valence-electron chi connectivity index (χ2n) is 6.43. The zero-order chi connectivity index (χ0) is 20.4. The van der Waals surface area contributed by atoms with Crippen molar-refractivity contribution in [2.75, 3.05) is 0 Å². The molecule has 1 aromatic heterocycles. The highest BCUT2D eigenvalue weighted by molar-refractivity contribution is 5.93. The van der Waals surface area contributed by atoms with Crippen molar-refractivity contribution in [2.45, 2.75) is 27.7 Å². The van der Waals surface area contributed by atoms with Gasteiger partial charge < -0.3 is 35.1 Å². The van der Waals surface area contributed by atoms with E-state index in [1.165, 1.54) is 20.8 Å². The van der Waals surface area contributed by atoms with Crippen LogP contribution in [0.3, 0.4) is 0 Å². The van der Waals surface area contributed by atoms with Crippen LogP contribution < -0.4 is 5.43 Å². The Balaban J connectivity index is 2.57. The van der Waals surface area contributed by atoms with Gasteiger partial charge in [-0.05, 0) is 38.8 Å². The Kier molecular flexibility index (Phi) is 3.87. The summed E-state index contributed by atoms with van der Waals surface area (Å²) in [5.74, 6) is -4.56. The van der Waals surface area contributed by atoms with Crippen molar-refractivity contribution < 1.29 is 35.1 Å². The molecule has 1 heterocycles. The maximum Gasteiger partial charge on any atom is 0.202 e. The lowest BCUT2D eigenvalue weighted by molar-refractivity contribution is 0.358. The van der Waals surface area contributed by atoms with Gasteiger partial charge in [-0.25, -0.2) is 0 Å². The predicted octanol–water partition coefficient (Wildman–Crippen LogP) is 2.93. The van der Waals surface area contributed by atoms with Crippen LogP contribution in [-0.2, 0) is 0 Å². The van der Waals surface area contributed by atoms with E-state index in [-0.39, 0.29) is 27.9 Å². The molecule has 8 heteroatoms. The smallest absolute Gasteiger partial charge is 0.202 e. The molecule has 3 aromatic rings. The van der Waals surface area contributed by atoms with Crippen LogP contribution in [-0.4, -0.2) is 30.6 Å². The first-order valence-electron chi connectivity index (χ1n) is 7.95. The van der Waals surface area contributed by atoms with E-state index in [1.807, 2.05) is 0 Å². The lowest BCUT2D eigenvalue weighted by Gasteiger charge is -2.16. The molecule has 3 rings (SSSR count). The second kappa shape index (κ2) is 5.73. The Bertz CT molecular complexity index is 1160. The standard InChI is InChI=1S/C19H18O8/c1-5-6(2)13(22)17(26)19-9(5)12(21)8(4)18(27-19)10-11(20)7(3)14(23)16(25)15(10)24/h20,22-26H,1-4H3. The molecular formula is C19H18O8. The largest absolute Gasteiger partial charge is 0.507 e. The maximum absolute atomic E-state index is 12.9. The third kappa shape index (κ3) is 2.26. The summed E-state index contributed by atoms with van der Waals surface area (Å²) in [4.78, 5) is 12.9. The molecule has 0 amide bonds. The first kappa shape index (κ1) is 18.2. The quantitative estimate of drug-likeness (QED) is 0.281.